The van der Waals surface area contributed by atoms with Gasteiger partial charge < -0.3 is 0 Å². The lowest BCUT2D eigenvalue weighted by atomic mass is 9.85. The molecule has 98 heavy (non-hydrogen) atoms. The van der Waals surface area contributed by atoms with Crippen molar-refractivity contribution in [2.45, 2.75) is 131 Å². The van der Waals surface area contributed by atoms with E-state index in [0.717, 1.165) is 0 Å². The predicted octanol–water partition coefficient (Wildman–Crippen LogP) is 27.6. The Morgan fingerprint density at radius 2 is 0.439 bits per heavy atom. The molecule has 0 N–H and O–H groups in total. The Hall–Kier alpha value is -10.1. The zero-order valence-electron chi connectivity index (χ0n) is 61.1. The maximum Gasteiger partial charge on any atom is -0.0105 e. The third-order valence-corrected chi connectivity index (χ3v) is 17.2. The smallest absolute Gasteiger partial charge is 0.0105 e. The molecule has 0 heteroatoms. The average Bonchev–Trinajstić information content (AvgIpc) is 0.840. The molecule has 12 aromatic rings. The fraction of sp³-hybridized carbons (Fsp3) is 0.204. The Labute approximate surface area is 590 Å². The first kappa shape index (κ1) is 73.7. The number of hydrogen-bond acceptors (Lipinski definition) is 0. The molecule has 0 aliphatic rings. The van der Waals surface area contributed by atoms with E-state index < -0.39 is 0 Å². The highest BCUT2D eigenvalue weighted by molar-refractivity contribution is 5.92. The number of rotatable bonds is 10. The van der Waals surface area contributed by atoms with Crippen LogP contribution in [0.15, 0.2) is 322 Å². The third-order valence-electron chi connectivity index (χ3n) is 17.2. The van der Waals surface area contributed by atoms with Crippen molar-refractivity contribution in [2.24, 2.45) is 0 Å². The summed E-state index contributed by atoms with van der Waals surface area (Å²) in [6, 6.07) is 114. The van der Waals surface area contributed by atoms with Crippen LogP contribution in [0.1, 0.15) is 187 Å². The zero-order chi connectivity index (χ0) is 70.2. The molecule has 0 aliphatic carbocycles. The first-order valence-electron chi connectivity index (χ1n) is 34.8. The van der Waals surface area contributed by atoms with Gasteiger partial charge in [-0.1, -0.05) is 450 Å². The number of fused-ring (bicyclic) bond motifs is 1. The van der Waals surface area contributed by atoms with Gasteiger partial charge >= 0.3 is 0 Å². The molecule has 0 amide bonds. The summed E-state index contributed by atoms with van der Waals surface area (Å²) in [5, 5.41) is 2.65. The van der Waals surface area contributed by atoms with Crippen LogP contribution in [-0.4, -0.2) is 0 Å². The summed E-state index contributed by atoms with van der Waals surface area (Å²) >= 11 is 0. The van der Waals surface area contributed by atoms with Crippen molar-refractivity contribution in [3.8, 4) is 0 Å². The largest absolute Gasteiger partial charge is 0.0622 e. The minimum Gasteiger partial charge on any atom is -0.0622 e. The van der Waals surface area contributed by atoms with E-state index in [4.69, 9.17) is 0 Å². The molecule has 0 atom stereocenters. The van der Waals surface area contributed by atoms with Crippen LogP contribution in [0.3, 0.4) is 0 Å². The van der Waals surface area contributed by atoms with Crippen molar-refractivity contribution in [3.05, 3.63) is 405 Å². The summed E-state index contributed by atoms with van der Waals surface area (Å²) in [4.78, 5) is 0. The normalized spacial score (nSPS) is 11.5. The Kier molecular flexibility index (Phi) is 26.1. The molecule has 0 radical (unpaired) electrons. The molecular formula is C98H104. The molecule has 496 valence electrons. The van der Waals surface area contributed by atoms with E-state index in [9.17, 15) is 0 Å². The Balaban J connectivity index is 0.000000158. The monoisotopic (exact) mass is 1280 g/mol. The molecular weight excluding hydrogens is 1180 g/mol. The molecule has 0 nitrogen and oxygen atoms in total. The van der Waals surface area contributed by atoms with Gasteiger partial charge in [-0.2, -0.15) is 0 Å². The standard InChI is InChI=1S/2C24H24.2C18H20.C14H16/c1-24(2,3)22-16-10-11-19(17-22)18-23(20-12-6-4-7-13-20)21-14-8-5-9-15-21;1-24(2,3)22-16-14-19(15-17-22)18-23(20-10-6-4-7-11-20)21-12-8-5-9-13-21;1-18(2,3)17-11-7-10-16(14-17)13-12-15-8-5-4-6-9-15;1-18(2,3)17-13-11-16(12-14-17)10-9-15-7-5-4-6-8-15;1-14(2,3)13-9-8-11-6-4-5-7-12(11)10-13/h2*4-18H,1-3H3;2*4-14H,1-3H3;4-10H,1-3H3/b;;13-12+;10-9+;. The lowest BCUT2D eigenvalue weighted by molar-refractivity contribution is 0.590. The van der Waals surface area contributed by atoms with Gasteiger partial charge in [0.15, 0.2) is 0 Å². The second-order valence-electron chi connectivity index (χ2n) is 30.4. The summed E-state index contributed by atoms with van der Waals surface area (Å²) in [5.74, 6) is 0. The van der Waals surface area contributed by atoms with Crippen molar-refractivity contribution < 1.29 is 0 Å². The highest BCUT2D eigenvalue weighted by Gasteiger charge is 2.17. The summed E-state index contributed by atoms with van der Waals surface area (Å²) < 4.78 is 0. The average molecular weight is 1280 g/mol. The van der Waals surface area contributed by atoms with E-state index in [0.29, 0.717) is 0 Å². The second kappa shape index (κ2) is 34.7. The quantitative estimate of drug-likeness (QED) is 0.120. The Morgan fingerprint density at radius 1 is 0.184 bits per heavy atom. The molecule has 0 saturated heterocycles. The summed E-state index contributed by atoms with van der Waals surface area (Å²) in [6.07, 6.45) is 13.2. The molecule has 0 heterocycles. The van der Waals surface area contributed by atoms with Crippen LogP contribution < -0.4 is 0 Å². The first-order valence-corrected chi connectivity index (χ1v) is 34.8. The molecule has 0 bridgehead atoms. The molecule has 0 aliphatic heterocycles. The fourth-order valence-electron chi connectivity index (χ4n) is 11.0. The van der Waals surface area contributed by atoms with Gasteiger partial charge in [0.25, 0.3) is 0 Å². The molecule has 0 unspecified atom stereocenters. The van der Waals surface area contributed by atoms with Gasteiger partial charge in [0.05, 0.1) is 0 Å². The van der Waals surface area contributed by atoms with E-state index in [1.165, 1.54) is 105 Å². The third kappa shape index (κ3) is 23.6. The van der Waals surface area contributed by atoms with Crippen molar-refractivity contribution in [1.29, 1.82) is 0 Å². The van der Waals surface area contributed by atoms with Crippen LogP contribution in [0.4, 0.5) is 0 Å². The van der Waals surface area contributed by atoms with Crippen molar-refractivity contribution in [2.75, 3.05) is 0 Å². The topological polar surface area (TPSA) is 0 Å². The summed E-state index contributed by atoms with van der Waals surface area (Å²) in [6.45, 7) is 33.7. The van der Waals surface area contributed by atoms with Crippen molar-refractivity contribution in [3.63, 3.8) is 0 Å². The summed E-state index contributed by atoms with van der Waals surface area (Å²) in [5.41, 5.74) is 22.8. The van der Waals surface area contributed by atoms with Gasteiger partial charge in [0.1, 0.15) is 0 Å². The van der Waals surface area contributed by atoms with E-state index in [1.807, 2.05) is 12.1 Å². The van der Waals surface area contributed by atoms with Crippen molar-refractivity contribution in [1.82, 2.24) is 0 Å². The molecule has 12 aromatic carbocycles. The zero-order valence-corrected chi connectivity index (χ0v) is 61.1. The maximum atomic E-state index is 2.30. The van der Waals surface area contributed by atoms with Crippen LogP contribution in [0.25, 0.3) is 58.4 Å². The molecule has 0 saturated carbocycles. The highest BCUT2D eigenvalue weighted by atomic mass is 14.2. The van der Waals surface area contributed by atoms with Gasteiger partial charge in [-0.05, 0) is 145 Å². The number of hydrogen-bond donors (Lipinski definition) is 0. The van der Waals surface area contributed by atoms with Gasteiger partial charge in [-0.15, -0.1) is 0 Å². The summed E-state index contributed by atoms with van der Waals surface area (Å²) in [7, 11) is 0. The Morgan fingerprint density at radius 3 is 0.806 bits per heavy atom. The van der Waals surface area contributed by atoms with Gasteiger partial charge in [0.2, 0.25) is 0 Å². The predicted molar refractivity (Wildman–Crippen MR) is 434 cm³/mol. The van der Waals surface area contributed by atoms with Crippen LogP contribution >= 0.6 is 0 Å². The lowest BCUT2D eigenvalue weighted by Gasteiger charge is -2.19. The maximum absolute atomic E-state index is 2.30. The van der Waals surface area contributed by atoms with Gasteiger partial charge in [0, 0.05) is 0 Å². The van der Waals surface area contributed by atoms with Crippen LogP contribution in [-0.2, 0) is 27.1 Å². The van der Waals surface area contributed by atoms with Crippen LogP contribution in [0, 0.1) is 0 Å². The first-order chi connectivity index (χ1) is 46.8. The van der Waals surface area contributed by atoms with Crippen LogP contribution in [0.5, 0.6) is 0 Å². The lowest BCUT2D eigenvalue weighted by Crippen LogP contribution is -2.10. The van der Waals surface area contributed by atoms with Crippen LogP contribution in [0.2, 0.25) is 0 Å². The molecule has 0 fully saturated rings. The Bertz CT molecular complexity index is 4370. The minimum atomic E-state index is 0.156. The van der Waals surface area contributed by atoms with Gasteiger partial charge in [-0.3, -0.25) is 0 Å². The molecule has 12 rings (SSSR count). The van der Waals surface area contributed by atoms with E-state index in [2.05, 4.69) is 450 Å². The SMILES string of the molecule is CC(C)(C)c1ccc(/C=C/c2ccccc2)cc1.CC(C)(C)c1ccc(C=C(c2ccccc2)c2ccccc2)cc1.CC(C)(C)c1ccc2ccccc2c1.CC(C)(C)c1cccc(/C=C/c2ccccc2)c1.CC(C)(C)c1cccc(C=C(c2ccccc2)c2ccccc2)c1. The van der Waals surface area contributed by atoms with E-state index in [-0.39, 0.29) is 27.1 Å². The molecule has 0 spiro atoms. The van der Waals surface area contributed by atoms with Crippen molar-refractivity contribution >= 4 is 58.4 Å². The minimum absolute atomic E-state index is 0.156. The molecule has 0 aromatic heterocycles. The fourth-order valence-corrected chi connectivity index (χ4v) is 11.0. The van der Waals surface area contributed by atoms with Gasteiger partial charge in [-0.25, -0.2) is 0 Å². The van der Waals surface area contributed by atoms with E-state index in [1.54, 1.807) is 0 Å². The highest BCUT2D eigenvalue weighted by Crippen LogP contribution is 2.32. The number of benzene rings is 12. The second-order valence-corrected chi connectivity index (χ2v) is 30.4. The van der Waals surface area contributed by atoms with E-state index >= 15 is 0 Å².